The van der Waals surface area contributed by atoms with Crippen LogP contribution in [0.4, 0.5) is 5.69 Å². The van der Waals surface area contributed by atoms with E-state index in [1.807, 2.05) is 68.8 Å². The first-order chi connectivity index (χ1) is 17.0. The molecule has 0 radical (unpaired) electrons. The first-order valence-corrected chi connectivity index (χ1v) is 11.7. The number of nitrogens with zero attached hydrogens (tertiary/aromatic N) is 4. The molecular formula is C29H25ClN4O. The van der Waals surface area contributed by atoms with Crippen LogP contribution in [-0.2, 0) is 6.42 Å². The lowest BCUT2D eigenvalue weighted by atomic mass is 9.97. The molecule has 0 aliphatic rings. The van der Waals surface area contributed by atoms with Crippen LogP contribution in [0.25, 0.3) is 33.4 Å². The van der Waals surface area contributed by atoms with Gasteiger partial charge in [-0.15, -0.1) is 0 Å². The van der Waals surface area contributed by atoms with E-state index < -0.39 is 0 Å². The number of rotatable bonds is 6. The van der Waals surface area contributed by atoms with Gasteiger partial charge in [0.25, 0.3) is 0 Å². The summed E-state index contributed by atoms with van der Waals surface area (Å²) in [6, 6.07) is 26.3. The summed E-state index contributed by atoms with van der Waals surface area (Å²) >= 11 is 6.36. The number of halogens is 1. The molecule has 2 aromatic heterocycles. The minimum absolute atomic E-state index is 0.534. The lowest BCUT2D eigenvalue weighted by molar-refractivity contribution is 0.415. The molecule has 5 nitrogen and oxygen atoms in total. The maximum atomic E-state index is 6.36. The smallest absolute Gasteiger partial charge is 0.163 e. The van der Waals surface area contributed by atoms with Crippen molar-refractivity contribution in [1.29, 1.82) is 0 Å². The molecule has 0 aliphatic carbocycles. The van der Waals surface area contributed by atoms with Crippen molar-refractivity contribution in [3.05, 3.63) is 101 Å². The first kappa shape index (κ1) is 22.8. The molecule has 0 atom stereocenters. The topological polar surface area (TPSA) is 51.1 Å². The zero-order chi connectivity index (χ0) is 24.4. The second-order valence-electron chi connectivity index (χ2n) is 8.55. The van der Waals surface area contributed by atoms with E-state index in [4.69, 9.17) is 26.3 Å². The Kier molecular flexibility index (Phi) is 6.34. The van der Waals surface area contributed by atoms with E-state index in [0.717, 1.165) is 44.8 Å². The SMILES string of the molecule is COc1cccc(-c2ccc(Cl)cc2Cc2ncc3ccc(-c4ccc(N(C)C)cc4)nc3n2)c1. The molecule has 0 N–H and O–H groups in total. The van der Waals surface area contributed by atoms with Crippen molar-refractivity contribution in [2.24, 2.45) is 0 Å². The van der Waals surface area contributed by atoms with E-state index in [9.17, 15) is 0 Å². The number of pyridine rings is 1. The van der Waals surface area contributed by atoms with Crippen molar-refractivity contribution in [3.8, 4) is 28.1 Å². The highest BCUT2D eigenvalue weighted by molar-refractivity contribution is 6.30. The zero-order valence-electron chi connectivity index (χ0n) is 19.9. The Morgan fingerprint density at radius 3 is 2.46 bits per heavy atom. The number of hydrogen-bond acceptors (Lipinski definition) is 5. The van der Waals surface area contributed by atoms with E-state index in [2.05, 4.69) is 40.2 Å². The highest BCUT2D eigenvalue weighted by atomic mass is 35.5. The van der Waals surface area contributed by atoms with Crippen LogP contribution >= 0.6 is 11.6 Å². The van der Waals surface area contributed by atoms with Crippen molar-refractivity contribution >= 4 is 28.3 Å². The Labute approximate surface area is 210 Å². The quantitative estimate of drug-likeness (QED) is 0.271. The third-order valence-corrected chi connectivity index (χ3v) is 6.20. The van der Waals surface area contributed by atoms with E-state index in [0.29, 0.717) is 22.9 Å². The summed E-state index contributed by atoms with van der Waals surface area (Å²) in [7, 11) is 5.73. The van der Waals surface area contributed by atoms with Gasteiger partial charge in [-0.3, -0.25) is 0 Å². The van der Waals surface area contributed by atoms with Gasteiger partial charge < -0.3 is 9.64 Å². The molecular weight excluding hydrogens is 456 g/mol. The van der Waals surface area contributed by atoms with E-state index in [1.165, 1.54) is 0 Å². The molecule has 5 aromatic rings. The highest BCUT2D eigenvalue weighted by Gasteiger charge is 2.11. The summed E-state index contributed by atoms with van der Waals surface area (Å²) < 4.78 is 5.41. The van der Waals surface area contributed by atoms with Gasteiger partial charge >= 0.3 is 0 Å². The van der Waals surface area contributed by atoms with Crippen LogP contribution in [0.2, 0.25) is 5.02 Å². The number of methoxy groups -OCH3 is 1. The van der Waals surface area contributed by atoms with Gasteiger partial charge in [-0.05, 0) is 65.2 Å². The second kappa shape index (κ2) is 9.72. The standard InChI is InChI=1S/C29H25ClN4O/c1-34(2)24-11-7-19(8-12-24)27-14-9-21-18-31-28(33-29(21)32-27)17-22-15-23(30)10-13-26(22)20-5-4-6-25(16-20)35-3/h4-16,18H,17H2,1-3H3. The number of anilines is 1. The molecule has 0 saturated heterocycles. The molecule has 6 heteroatoms. The number of ether oxygens (including phenoxy) is 1. The number of aromatic nitrogens is 3. The monoisotopic (exact) mass is 480 g/mol. The maximum absolute atomic E-state index is 6.36. The third-order valence-electron chi connectivity index (χ3n) is 5.97. The zero-order valence-corrected chi connectivity index (χ0v) is 20.6. The fraction of sp³-hybridized carbons (Fsp3) is 0.138. The predicted octanol–water partition coefficient (Wildman–Crippen LogP) is 6.68. The Bertz CT molecular complexity index is 1500. The van der Waals surface area contributed by atoms with Crippen LogP contribution in [-0.4, -0.2) is 36.2 Å². The van der Waals surface area contributed by atoms with Crippen LogP contribution < -0.4 is 9.64 Å². The minimum atomic E-state index is 0.534. The fourth-order valence-electron chi connectivity index (χ4n) is 4.07. The number of fused-ring (bicyclic) bond motifs is 1. The van der Waals surface area contributed by atoms with Gasteiger partial charge in [-0.2, -0.15) is 0 Å². The Morgan fingerprint density at radius 2 is 1.69 bits per heavy atom. The summed E-state index contributed by atoms with van der Waals surface area (Å²) in [5.74, 6) is 1.50. The lowest BCUT2D eigenvalue weighted by Gasteiger charge is -2.13. The fourth-order valence-corrected chi connectivity index (χ4v) is 4.27. The molecule has 3 aromatic carbocycles. The van der Waals surface area contributed by atoms with Crippen molar-refractivity contribution in [3.63, 3.8) is 0 Å². The Hall–Kier alpha value is -3.96. The molecule has 35 heavy (non-hydrogen) atoms. The Morgan fingerprint density at radius 1 is 0.857 bits per heavy atom. The largest absolute Gasteiger partial charge is 0.497 e. The van der Waals surface area contributed by atoms with Gasteiger partial charge in [0.1, 0.15) is 11.6 Å². The van der Waals surface area contributed by atoms with E-state index in [1.54, 1.807) is 7.11 Å². The molecule has 0 spiro atoms. The van der Waals surface area contributed by atoms with Gasteiger partial charge in [-0.1, -0.05) is 41.9 Å². The normalized spacial score (nSPS) is 11.0. The summed E-state index contributed by atoms with van der Waals surface area (Å²) in [5.41, 5.74) is 6.92. The number of hydrogen-bond donors (Lipinski definition) is 0. The van der Waals surface area contributed by atoms with Crippen LogP contribution in [0.15, 0.2) is 85.1 Å². The molecule has 0 aliphatic heterocycles. The van der Waals surface area contributed by atoms with Crippen LogP contribution in [0.5, 0.6) is 5.75 Å². The van der Waals surface area contributed by atoms with Crippen molar-refractivity contribution in [2.45, 2.75) is 6.42 Å². The lowest BCUT2D eigenvalue weighted by Crippen LogP contribution is -2.07. The summed E-state index contributed by atoms with van der Waals surface area (Å²) in [5, 5.41) is 1.58. The van der Waals surface area contributed by atoms with Gasteiger partial charge in [0.2, 0.25) is 0 Å². The summed E-state index contributed by atoms with van der Waals surface area (Å²) in [6.07, 6.45) is 2.37. The van der Waals surface area contributed by atoms with Crippen LogP contribution in [0.3, 0.4) is 0 Å². The van der Waals surface area contributed by atoms with E-state index >= 15 is 0 Å². The van der Waals surface area contributed by atoms with Crippen LogP contribution in [0.1, 0.15) is 11.4 Å². The molecule has 0 amide bonds. The van der Waals surface area contributed by atoms with E-state index in [-0.39, 0.29) is 0 Å². The summed E-state index contributed by atoms with van der Waals surface area (Å²) in [4.78, 5) is 16.3. The van der Waals surface area contributed by atoms with Crippen molar-refractivity contribution < 1.29 is 4.74 Å². The van der Waals surface area contributed by atoms with Crippen LogP contribution in [0, 0.1) is 0 Å². The second-order valence-corrected chi connectivity index (χ2v) is 8.98. The van der Waals surface area contributed by atoms with Gasteiger partial charge in [0.05, 0.1) is 12.8 Å². The van der Waals surface area contributed by atoms with Gasteiger partial charge in [0.15, 0.2) is 5.65 Å². The van der Waals surface area contributed by atoms with Gasteiger partial charge in [-0.25, -0.2) is 15.0 Å². The predicted molar refractivity (Wildman–Crippen MR) is 143 cm³/mol. The van der Waals surface area contributed by atoms with Crippen molar-refractivity contribution in [2.75, 3.05) is 26.1 Å². The van der Waals surface area contributed by atoms with Gasteiger partial charge in [0, 0.05) is 48.4 Å². The molecule has 174 valence electrons. The molecule has 0 bridgehead atoms. The average molecular weight is 481 g/mol. The molecule has 0 unspecified atom stereocenters. The Balaban J connectivity index is 1.49. The highest BCUT2D eigenvalue weighted by Crippen LogP contribution is 2.30. The minimum Gasteiger partial charge on any atom is -0.497 e. The molecule has 2 heterocycles. The molecule has 5 rings (SSSR count). The maximum Gasteiger partial charge on any atom is 0.163 e. The molecule has 0 saturated carbocycles. The summed E-state index contributed by atoms with van der Waals surface area (Å²) in [6.45, 7) is 0. The van der Waals surface area contributed by atoms with Crippen molar-refractivity contribution in [1.82, 2.24) is 15.0 Å². The average Bonchev–Trinajstić information content (AvgIpc) is 2.88. The number of benzene rings is 3. The third kappa shape index (κ3) is 4.96. The first-order valence-electron chi connectivity index (χ1n) is 11.3. The molecule has 0 fully saturated rings.